The quantitative estimate of drug-likeness (QED) is 0.356. The van der Waals surface area contributed by atoms with Crippen LogP contribution in [0.5, 0.6) is 0 Å². The Kier molecular flexibility index (Phi) is 5.50. The van der Waals surface area contributed by atoms with Crippen LogP contribution in [0, 0.1) is 17.1 Å². The molecule has 0 fully saturated rings. The van der Waals surface area contributed by atoms with Crippen molar-refractivity contribution in [2.24, 2.45) is 0 Å². The lowest BCUT2D eigenvalue weighted by molar-refractivity contribution is -0.112. The Morgan fingerprint density at radius 1 is 1.10 bits per heavy atom. The normalized spacial score (nSPS) is 11.1. The molecule has 2 aromatic heterocycles. The van der Waals surface area contributed by atoms with Gasteiger partial charge in [-0.25, -0.2) is 9.07 Å². The fraction of sp³-hybridized carbons (Fsp3) is 0. The van der Waals surface area contributed by atoms with Gasteiger partial charge in [-0.05, 0) is 41.8 Å². The van der Waals surface area contributed by atoms with Gasteiger partial charge in [0.2, 0.25) is 0 Å². The van der Waals surface area contributed by atoms with Crippen molar-refractivity contribution in [3.05, 3.63) is 95.3 Å². The number of anilines is 1. The minimum absolute atomic E-state index is 0.0158. The van der Waals surface area contributed by atoms with Crippen LogP contribution in [0.25, 0.3) is 22.3 Å². The Bertz CT molecular complexity index is 1250. The highest BCUT2D eigenvalue weighted by Crippen LogP contribution is 2.29. The number of aromatic nitrogens is 2. The summed E-state index contributed by atoms with van der Waals surface area (Å²) in [7, 11) is 0. The summed E-state index contributed by atoms with van der Waals surface area (Å²) in [5.41, 5.74) is 1.98. The van der Waals surface area contributed by atoms with Gasteiger partial charge in [0, 0.05) is 11.8 Å². The zero-order valence-corrected chi connectivity index (χ0v) is 16.4. The molecule has 5 nitrogen and oxygen atoms in total. The third-order valence-corrected chi connectivity index (χ3v) is 5.18. The zero-order valence-electron chi connectivity index (χ0n) is 15.6. The number of halogens is 1. The van der Waals surface area contributed by atoms with Gasteiger partial charge in [0.1, 0.15) is 23.2 Å². The van der Waals surface area contributed by atoms with E-state index in [1.54, 1.807) is 16.9 Å². The van der Waals surface area contributed by atoms with Crippen LogP contribution in [-0.2, 0) is 4.79 Å². The van der Waals surface area contributed by atoms with E-state index < -0.39 is 11.7 Å². The molecule has 4 aromatic rings. The van der Waals surface area contributed by atoms with Gasteiger partial charge >= 0.3 is 0 Å². The first-order valence-electron chi connectivity index (χ1n) is 9.02. The van der Waals surface area contributed by atoms with Crippen LogP contribution in [0.3, 0.4) is 0 Å². The molecule has 4 rings (SSSR count). The van der Waals surface area contributed by atoms with E-state index in [1.165, 1.54) is 35.6 Å². The minimum atomic E-state index is -0.688. The van der Waals surface area contributed by atoms with Crippen LogP contribution in [-0.4, -0.2) is 15.7 Å². The Labute approximate surface area is 176 Å². The monoisotopic (exact) mass is 414 g/mol. The molecular weight excluding hydrogens is 399 g/mol. The van der Waals surface area contributed by atoms with Crippen molar-refractivity contribution in [2.45, 2.75) is 0 Å². The molecule has 1 amide bonds. The number of para-hydroxylation sites is 2. The molecule has 0 radical (unpaired) electrons. The van der Waals surface area contributed by atoms with Gasteiger partial charge in [-0.2, -0.15) is 10.4 Å². The number of benzene rings is 2. The number of rotatable bonds is 5. The molecule has 2 heterocycles. The molecule has 2 aromatic carbocycles. The van der Waals surface area contributed by atoms with E-state index in [0.29, 0.717) is 11.3 Å². The second-order valence-corrected chi connectivity index (χ2v) is 7.24. The smallest absolute Gasteiger partial charge is 0.266 e. The van der Waals surface area contributed by atoms with Crippen LogP contribution >= 0.6 is 11.3 Å². The molecule has 30 heavy (non-hydrogen) atoms. The summed E-state index contributed by atoms with van der Waals surface area (Å²) in [4.78, 5) is 13.5. The van der Waals surface area contributed by atoms with Gasteiger partial charge in [0.05, 0.1) is 16.3 Å². The van der Waals surface area contributed by atoms with Crippen molar-refractivity contribution < 1.29 is 9.18 Å². The first-order chi connectivity index (χ1) is 14.7. The van der Waals surface area contributed by atoms with Crippen molar-refractivity contribution in [3.8, 4) is 22.3 Å². The molecule has 0 saturated heterocycles. The van der Waals surface area contributed by atoms with Gasteiger partial charge in [-0.15, -0.1) is 11.3 Å². The van der Waals surface area contributed by atoms with Gasteiger partial charge in [-0.1, -0.05) is 36.4 Å². The molecule has 0 aliphatic heterocycles. The zero-order chi connectivity index (χ0) is 20.9. The molecule has 146 valence electrons. The van der Waals surface area contributed by atoms with Crippen LogP contribution in [0.1, 0.15) is 5.56 Å². The highest BCUT2D eigenvalue weighted by molar-refractivity contribution is 7.13. The molecule has 0 bridgehead atoms. The Balaban J connectivity index is 1.73. The number of thiophene rings is 1. The molecule has 0 saturated carbocycles. The molecule has 1 N–H and O–H groups in total. The van der Waals surface area contributed by atoms with Crippen molar-refractivity contribution in [1.82, 2.24) is 9.78 Å². The summed E-state index contributed by atoms with van der Waals surface area (Å²) in [5, 5.41) is 18.6. The average Bonchev–Trinajstić information content (AvgIpc) is 3.44. The Hall–Kier alpha value is -4.02. The first kappa shape index (κ1) is 19.3. The molecule has 0 aliphatic rings. The van der Waals surface area contributed by atoms with Crippen molar-refractivity contribution in [3.63, 3.8) is 0 Å². The predicted molar refractivity (Wildman–Crippen MR) is 115 cm³/mol. The highest BCUT2D eigenvalue weighted by Gasteiger charge is 2.16. The van der Waals surface area contributed by atoms with Gasteiger partial charge in [0.25, 0.3) is 5.91 Å². The third kappa shape index (κ3) is 4.04. The number of carbonyl (C=O) groups is 1. The lowest BCUT2D eigenvalue weighted by Crippen LogP contribution is -2.14. The maximum absolute atomic E-state index is 13.9. The van der Waals surface area contributed by atoms with E-state index in [9.17, 15) is 14.4 Å². The summed E-state index contributed by atoms with van der Waals surface area (Å²) in [6.07, 6.45) is 3.23. The average molecular weight is 414 g/mol. The van der Waals surface area contributed by atoms with E-state index in [1.807, 2.05) is 53.9 Å². The summed E-state index contributed by atoms with van der Waals surface area (Å²) in [6, 6.07) is 21.1. The number of amides is 1. The van der Waals surface area contributed by atoms with Crippen LogP contribution in [0.15, 0.2) is 83.9 Å². The fourth-order valence-electron chi connectivity index (χ4n) is 2.87. The predicted octanol–water partition coefficient (Wildman–Crippen LogP) is 5.29. The van der Waals surface area contributed by atoms with E-state index in [4.69, 9.17) is 0 Å². The van der Waals surface area contributed by atoms with E-state index in [2.05, 4.69) is 10.4 Å². The number of nitrogens with one attached hydrogen (secondary N) is 1. The molecule has 0 unspecified atom stereocenters. The molecule has 0 atom stereocenters. The fourth-order valence-corrected chi connectivity index (χ4v) is 3.60. The van der Waals surface area contributed by atoms with Crippen LogP contribution in [0.2, 0.25) is 0 Å². The van der Waals surface area contributed by atoms with Gasteiger partial charge in [0.15, 0.2) is 0 Å². The van der Waals surface area contributed by atoms with Gasteiger partial charge < -0.3 is 5.32 Å². The van der Waals surface area contributed by atoms with Crippen LogP contribution < -0.4 is 5.32 Å². The lowest BCUT2D eigenvalue weighted by atomic mass is 10.1. The standard InChI is InChI=1S/C23H15FN4OS/c24-19-9-4-5-10-20(19)26-23(29)16(14-25)13-17-15-28(18-7-2-1-3-8-18)27-22(17)21-11-6-12-30-21/h1-13,15H,(H,26,29)/b16-13-. The Morgan fingerprint density at radius 3 is 2.57 bits per heavy atom. The number of carbonyl (C=O) groups excluding carboxylic acids is 1. The minimum Gasteiger partial charge on any atom is -0.319 e. The SMILES string of the molecule is N#C/C(=C/c1cn(-c2ccccc2)nc1-c1cccs1)C(=O)Nc1ccccc1F. The number of hydrogen-bond acceptors (Lipinski definition) is 4. The van der Waals surface area contributed by atoms with Crippen molar-refractivity contribution in [1.29, 1.82) is 5.26 Å². The Morgan fingerprint density at radius 2 is 1.87 bits per heavy atom. The molecule has 0 aliphatic carbocycles. The summed E-state index contributed by atoms with van der Waals surface area (Å²) >= 11 is 1.51. The lowest BCUT2D eigenvalue weighted by Gasteiger charge is -2.05. The van der Waals surface area contributed by atoms with Crippen LogP contribution in [0.4, 0.5) is 10.1 Å². The topological polar surface area (TPSA) is 70.7 Å². The second kappa shape index (κ2) is 8.55. The number of nitriles is 1. The first-order valence-corrected chi connectivity index (χ1v) is 9.90. The van der Waals surface area contributed by atoms with E-state index >= 15 is 0 Å². The van der Waals surface area contributed by atoms with E-state index in [-0.39, 0.29) is 11.3 Å². The molecule has 7 heteroatoms. The molecular formula is C23H15FN4OS. The number of hydrogen-bond donors (Lipinski definition) is 1. The van der Waals surface area contributed by atoms with Crippen molar-refractivity contribution >= 4 is 29.0 Å². The molecule has 0 spiro atoms. The van der Waals surface area contributed by atoms with Gasteiger partial charge in [-0.3, -0.25) is 4.79 Å². The summed E-state index contributed by atoms with van der Waals surface area (Å²) < 4.78 is 15.6. The maximum Gasteiger partial charge on any atom is 0.266 e. The van der Waals surface area contributed by atoms with E-state index in [0.717, 1.165) is 10.6 Å². The third-order valence-electron chi connectivity index (χ3n) is 4.30. The second-order valence-electron chi connectivity index (χ2n) is 6.29. The maximum atomic E-state index is 13.9. The summed E-state index contributed by atoms with van der Waals surface area (Å²) in [6.45, 7) is 0. The largest absolute Gasteiger partial charge is 0.319 e. The van der Waals surface area contributed by atoms with Crippen molar-refractivity contribution in [2.75, 3.05) is 5.32 Å². The summed E-state index contributed by atoms with van der Waals surface area (Å²) in [5.74, 6) is -1.26. The number of nitrogens with zero attached hydrogens (tertiary/aromatic N) is 3. The highest BCUT2D eigenvalue weighted by atomic mass is 32.1.